The maximum atomic E-state index is 12.5. The van der Waals surface area contributed by atoms with E-state index < -0.39 is 5.97 Å². The molecule has 3 N–H and O–H groups in total. The van der Waals surface area contributed by atoms with Gasteiger partial charge in [-0.05, 0) is 44.5 Å². The quantitative estimate of drug-likeness (QED) is 0.593. The number of aromatic amines is 1. The molecule has 1 aliphatic rings. The third-order valence-electron chi connectivity index (χ3n) is 4.70. The number of carbonyl (C=O) groups is 2. The molecule has 0 saturated carbocycles. The van der Waals surface area contributed by atoms with Crippen molar-refractivity contribution in [2.75, 3.05) is 5.32 Å². The molecular weight excluding hydrogens is 362 g/mol. The van der Waals surface area contributed by atoms with E-state index in [2.05, 4.69) is 15.3 Å². The van der Waals surface area contributed by atoms with Crippen LogP contribution in [0, 0.1) is 20.8 Å². The predicted octanol–water partition coefficient (Wildman–Crippen LogP) is 4.25. The minimum atomic E-state index is -0.983. The summed E-state index contributed by atoms with van der Waals surface area (Å²) < 4.78 is 0. The second-order valence-electron chi connectivity index (χ2n) is 6.49. The maximum Gasteiger partial charge on any atom is 0.337 e. The summed E-state index contributed by atoms with van der Waals surface area (Å²) >= 11 is 1.58. The van der Waals surface area contributed by atoms with Gasteiger partial charge >= 0.3 is 5.97 Å². The number of thiazole rings is 1. The summed E-state index contributed by atoms with van der Waals surface area (Å²) in [5.41, 5.74) is 5.88. The number of rotatable bonds is 3. The summed E-state index contributed by atoms with van der Waals surface area (Å²) in [6, 6.07) is 5.74. The number of aromatic carboxylic acids is 1. The Labute approximate surface area is 159 Å². The minimum Gasteiger partial charge on any atom is -0.478 e. The number of carboxylic acids is 1. The largest absolute Gasteiger partial charge is 0.478 e. The van der Waals surface area contributed by atoms with Gasteiger partial charge in [-0.2, -0.15) is 0 Å². The highest BCUT2D eigenvalue weighted by molar-refractivity contribution is 7.09. The number of nitrogens with zero attached hydrogens (tertiary/aromatic N) is 1. The lowest BCUT2D eigenvalue weighted by Gasteiger charge is -2.03. The van der Waals surface area contributed by atoms with Crippen molar-refractivity contribution in [2.45, 2.75) is 20.8 Å². The van der Waals surface area contributed by atoms with Crippen LogP contribution in [0.4, 0.5) is 5.69 Å². The molecule has 3 aromatic rings. The van der Waals surface area contributed by atoms with E-state index in [1.165, 1.54) is 0 Å². The SMILES string of the molecule is Cc1nc(-c2ccc3c(c2)/C(=C/c2[nH]c(C)c(C(=O)O)c2C)C(=O)N3)cs1. The molecule has 2 aromatic heterocycles. The van der Waals surface area contributed by atoms with Crippen LogP contribution >= 0.6 is 11.3 Å². The molecule has 0 atom stereocenters. The van der Waals surface area contributed by atoms with Crippen molar-refractivity contribution in [1.29, 1.82) is 0 Å². The van der Waals surface area contributed by atoms with Gasteiger partial charge < -0.3 is 15.4 Å². The molecule has 0 fully saturated rings. The molecule has 0 unspecified atom stereocenters. The van der Waals surface area contributed by atoms with Gasteiger partial charge in [-0.3, -0.25) is 4.79 Å². The molecule has 0 radical (unpaired) electrons. The zero-order valence-corrected chi connectivity index (χ0v) is 15.8. The van der Waals surface area contributed by atoms with Crippen LogP contribution in [-0.2, 0) is 4.79 Å². The molecule has 0 saturated heterocycles. The number of benzene rings is 1. The summed E-state index contributed by atoms with van der Waals surface area (Å²) in [5.74, 6) is -1.19. The van der Waals surface area contributed by atoms with Gasteiger partial charge in [0.05, 0.1) is 21.8 Å². The van der Waals surface area contributed by atoms with Crippen LogP contribution in [-0.4, -0.2) is 27.0 Å². The summed E-state index contributed by atoms with van der Waals surface area (Å²) in [4.78, 5) is 31.5. The lowest BCUT2D eigenvalue weighted by molar-refractivity contribution is -0.110. The number of carboxylic acid groups (broad SMARTS) is 1. The summed E-state index contributed by atoms with van der Waals surface area (Å²) in [6.07, 6.45) is 1.71. The Morgan fingerprint density at radius 3 is 2.67 bits per heavy atom. The number of fused-ring (bicyclic) bond motifs is 1. The van der Waals surface area contributed by atoms with Crippen molar-refractivity contribution in [3.05, 3.63) is 56.7 Å². The van der Waals surface area contributed by atoms with Crippen molar-refractivity contribution < 1.29 is 14.7 Å². The van der Waals surface area contributed by atoms with E-state index in [1.807, 2.05) is 30.5 Å². The van der Waals surface area contributed by atoms with Crippen LogP contribution in [0.2, 0.25) is 0 Å². The zero-order chi connectivity index (χ0) is 19.3. The number of amides is 1. The zero-order valence-electron chi connectivity index (χ0n) is 15.0. The number of hydrogen-bond acceptors (Lipinski definition) is 4. The Bertz CT molecular complexity index is 1140. The molecule has 1 amide bonds. The molecule has 3 heterocycles. The fourth-order valence-electron chi connectivity index (χ4n) is 3.37. The van der Waals surface area contributed by atoms with Crippen LogP contribution < -0.4 is 5.32 Å². The number of aryl methyl sites for hydroxylation is 2. The van der Waals surface area contributed by atoms with Crippen molar-refractivity contribution in [3.8, 4) is 11.3 Å². The van der Waals surface area contributed by atoms with Gasteiger partial charge in [0.1, 0.15) is 0 Å². The van der Waals surface area contributed by atoms with Crippen molar-refractivity contribution in [3.63, 3.8) is 0 Å². The fourth-order valence-corrected chi connectivity index (χ4v) is 3.99. The molecule has 0 aliphatic carbocycles. The Kier molecular flexibility index (Phi) is 3.96. The summed E-state index contributed by atoms with van der Waals surface area (Å²) in [5, 5.41) is 15.2. The standard InChI is InChI=1S/C20H17N3O3S/c1-9-16(21-10(2)18(9)20(25)26)7-14-13-6-12(17-8-27-11(3)22-17)4-5-15(13)23-19(14)24/h4-8,21H,1-3H3,(H,23,24)(H,25,26)/b14-7-. The molecule has 1 aromatic carbocycles. The average molecular weight is 379 g/mol. The Balaban J connectivity index is 1.82. The predicted molar refractivity (Wildman–Crippen MR) is 106 cm³/mol. The van der Waals surface area contributed by atoms with Gasteiger partial charge in [0.15, 0.2) is 0 Å². The van der Waals surface area contributed by atoms with Crippen molar-refractivity contribution >= 4 is 40.5 Å². The van der Waals surface area contributed by atoms with Gasteiger partial charge in [-0.25, -0.2) is 9.78 Å². The molecular formula is C20H17N3O3S. The normalized spacial score (nSPS) is 14.5. The molecule has 4 rings (SSSR count). The molecule has 1 aliphatic heterocycles. The minimum absolute atomic E-state index is 0.208. The first-order valence-corrected chi connectivity index (χ1v) is 9.25. The van der Waals surface area contributed by atoms with Gasteiger partial charge in [0.25, 0.3) is 5.91 Å². The first kappa shape index (κ1) is 17.2. The number of hydrogen-bond donors (Lipinski definition) is 3. The number of anilines is 1. The van der Waals surface area contributed by atoms with Crippen molar-refractivity contribution in [2.24, 2.45) is 0 Å². The fraction of sp³-hybridized carbons (Fsp3) is 0.150. The lowest BCUT2D eigenvalue weighted by atomic mass is 10.0. The Morgan fingerprint density at radius 2 is 2.04 bits per heavy atom. The summed E-state index contributed by atoms with van der Waals surface area (Å²) in [7, 11) is 0. The highest BCUT2D eigenvalue weighted by atomic mass is 32.1. The topological polar surface area (TPSA) is 95.1 Å². The number of aromatic nitrogens is 2. The van der Waals surface area contributed by atoms with E-state index in [1.54, 1.807) is 31.3 Å². The molecule has 0 spiro atoms. The van der Waals surface area contributed by atoms with Gasteiger partial charge in [0.2, 0.25) is 0 Å². The van der Waals surface area contributed by atoms with Crippen LogP contribution in [0.3, 0.4) is 0 Å². The molecule has 136 valence electrons. The van der Waals surface area contributed by atoms with Crippen molar-refractivity contribution in [1.82, 2.24) is 9.97 Å². The Hall–Kier alpha value is -3.19. The number of carbonyl (C=O) groups excluding carboxylic acids is 1. The lowest BCUT2D eigenvalue weighted by Crippen LogP contribution is -2.03. The second-order valence-corrected chi connectivity index (χ2v) is 7.56. The van der Waals surface area contributed by atoms with Crippen LogP contribution in [0.1, 0.15) is 37.9 Å². The van der Waals surface area contributed by atoms with E-state index in [9.17, 15) is 14.7 Å². The maximum absolute atomic E-state index is 12.5. The third-order valence-corrected chi connectivity index (χ3v) is 5.47. The van der Waals surface area contributed by atoms with Gasteiger partial charge in [0, 0.05) is 33.6 Å². The monoisotopic (exact) mass is 379 g/mol. The number of nitrogens with one attached hydrogen (secondary N) is 2. The van der Waals surface area contributed by atoms with Gasteiger partial charge in [-0.1, -0.05) is 6.07 Å². The summed E-state index contributed by atoms with van der Waals surface area (Å²) in [6.45, 7) is 5.40. The molecule has 0 bridgehead atoms. The van der Waals surface area contributed by atoms with E-state index in [-0.39, 0.29) is 11.5 Å². The first-order chi connectivity index (χ1) is 12.8. The number of H-pyrrole nitrogens is 1. The molecule has 6 nitrogen and oxygen atoms in total. The molecule has 27 heavy (non-hydrogen) atoms. The molecule has 7 heteroatoms. The Morgan fingerprint density at radius 1 is 1.26 bits per heavy atom. The first-order valence-electron chi connectivity index (χ1n) is 8.37. The third kappa shape index (κ3) is 2.86. The van der Waals surface area contributed by atoms with Crippen LogP contribution in [0.25, 0.3) is 22.9 Å². The van der Waals surface area contributed by atoms with Crippen LogP contribution in [0.5, 0.6) is 0 Å². The highest BCUT2D eigenvalue weighted by Gasteiger charge is 2.26. The second kappa shape index (κ2) is 6.21. The average Bonchev–Trinajstić information content (AvgIpc) is 3.25. The van der Waals surface area contributed by atoms with E-state index in [4.69, 9.17) is 0 Å². The van der Waals surface area contributed by atoms with Crippen LogP contribution in [0.15, 0.2) is 23.6 Å². The van der Waals surface area contributed by atoms with Gasteiger partial charge in [-0.15, -0.1) is 11.3 Å². The van der Waals surface area contributed by atoms with E-state index in [0.717, 1.165) is 27.5 Å². The van der Waals surface area contributed by atoms with E-state index >= 15 is 0 Å². The van der Waals surface area contributed by atoms with E-state index in [0.29, 0.717) is 22.5 Å². The smallest absolute Gasteiger partial charge is 0.337 e. The highest BCUT2D eigenvalue weighted by Crippen LogP contribution is 2.37.